The number of amides is 3. The normalized spacial score (nSPS) is 11.8. The molecule has 0 spiro atoms. The average molecular weight is 388 g/mol. The molecule has 3 amide bonds. The van der Waals surface area contributed by atoms with Gasteiger partial charge in [0.25, 0.3) is 5.91 Å². The highest BCUT2D eigenvalue weighted by atomic mass is 32.1. The van der Waals surface area contributed by atoms with E-state index in [0.29, 0.717) is 23.7 Å². The lowest BCUT2D eigenvalue weighted by Crippen LogP contribution is -2.21. The van der Waals surface area contributed by atoms with Gasteiger partial charge in [0.1, 0.15) is 5.00 Å². The van der Waals surface area contributed by atoms with Crippen LogP contribution in [0.4, 0.5) is 9.80 Å². The molecule has 1 heterocycles. The van der Waals surface area contributed by atoms with Gasteiger partial charge in [0.2, 0.25) is 0 Å². The minimum Gasteiger partial charge on any atom is -0.384 e. The molecule has 2 aromatic rings. The van der Waals surface area contributed by atoms with E-state index in [0.717, 1.165) is 22.4 Å². The lowest BCUT2D eigenvalue weighted by atomic mass is 9.95. The summed E-state index contributed by atoms with van der Waals surface area (Å²) in [6, 6.07) is 8.64. The molecular formula is C19H24N4O3S. The van der Waals surface area contributed by atoms with Crippen LogP contribution in [0.15, 0.2) is 30.3 Å². The van der Waals surface area contributed by atoms with Crippen LogP contribution in [-0.2, 0) is 11.2 Å². The van der Waals surface area contributed by atoms with E-state index in [2.05, 4.69) is 5.32 Å². The van der Waals surface area contributed by atoms with Gasteiger partial charge in [-0.1, -0.05) is 31.2 Å². The van der Waals surface area contributed by atoms with Crippen LogP contribution in [0.1, 0.15) is 29.3 Å². The van der Waals surface area contributed by atoms with Gasteiger partial charge in [-0.3, -0.25) is 10.1 Å². The van der Waals surface area contributed by atoms with E-state index in [1.807, 2.05) is 31.2 Å². The van der Waals surface area contributed by atoms with Gasteiger partial charge in [-0.15, -0.1) is 11.3 Å². The highest BCUT2D eigenvalue weighted by molar-refractivity contribution is 7.20. The SMILES string of the molecule is CCC(COC)C(=N)Cc1ccc(-c2cc(C(N)=O)c(NC(N)=O)s2)cc1. The van der Waals surface area contributed by atoms with Crippen LogP contribution < -0.4 is 16.8 Å². The number of nitrogens with two attached hydrogens (primary N) is 2. The first kappa shape index (κ1) is 20.6. The van der Waals surface area contributed by atoms with Crippen molar-refractivity contribution in [1.82, 2.24) is 0 Å². The second-order valence-corrected chi connectivity index (χ2v) is 7.22. The van der Waals surface area contributed by atoms with Crippen molar-refractivity contribution in [2.45, 2.75) is 19.8 Å². The first-order valence-electron chi connectivity index (χ1n) is 8.51. The highest BCUT2D eigenvalue weighted by Gasteiger charge is 2.16. The lowest BCUT2D eigenvalue weighted by molar-refractivity contribution is 0.100. The number of nitrogens with one attached hydrogen (secondary N) is 2. The number of methoxy groups -OCH3 is 1. The molecule has 2 rings (SSSR count). The van der Waals surface area contributed by atoms with Crippen LogP contribution in [0.3, 0.4) is 0 Å². The van der Waals surface area contributed by atoms with E-state index in [1.54, 1.807) is 13.2 Å². The van der Waals surface area contributed by atoms with Crippen molar-refractivity contribution < 1.29 is 14.3 Å². The zero-order valence-corrected chi connectivity index (χ0v) is 16.2. The topological polar surface area (TPSA) is 131 Å². The van der Waals surface area contributed by atoms with E-state index < -0.39 is 11.9 Å². The molecule has 0 aliphatic heterocycles. The number of hydrogen-bond donors (Lipinski definition) is 4. The third-order valence-corrected chi connectivity index (χ3v) is 5.32. The molecule has 8 heteroatoms. The summed E-state index contributed by atoms with van der Waals surface area (Å²) in [4.78, 5) is 23.5. The number of carbonyl (C=O) groups is 2. The van der Waals surface area contributed by atoms with Crippen molar-refractivity contribution in [3.63, 3.8) is 0 Å². The lowest BCUT2D eigenvalue weighted by Gasteiger charge is -2.15. The fraction of sp³-hybridized carbons (Fsp3) is 0.316. The summed E-state index contributed by atoms with van der Waals surface area (Å²) in [5.74, 6) is -0.511. The Kier molecular flexibility index (Phi) is 7.09. The Morgan fingerprint density at radius 2 is 1.93 bits per heavy atom. The molecule has 1 aromatic carbocycles. The van der Waals surface area contributed by atoms with E-state index in [1.165, 1.54) is 11.3 Å². The zero-order chi connectivity index (χ0) is 20.0. The molecule has 7 nitrogen and oxygen atoms in total. The third kappa shape index (κ3) is 5.38. The number of thiophene rings is 1. The summed E-state index contributed by atoms with van der Waals surface area (Å²) in [7, 11) is 1.65. The number of hydrogen-bond acceptors (Lipinski definition) is 5. The Labute approximate surface area is 162 Å². The molecule has 0 saturated heterocycles. The first-order valence-corrected chi connectivity index (χ1v) is 9.33. The molecular weight excluding hydrogens is 364 g/mol. The largest absolute Gasteiger partial charge is 0.384 e. The summed E-state index contributed by atoms with van der Waals surface area (Å²) in [6.07, 6.45) is 1.43. The van der Waals surface area contributed by atoms with Crippen LogP contribution in [0.25, 0.3) is 10.4 Å². The van der Waals surface area contributed by atoms with Crippen molar-refractivity contribution in [3.05, 3.63) is 41.5 Å². The smallest absolute Gasteiger partial charge is 0.317 e. The molecule has 0 bridgehead atoms. The Morgan fingerprint density at radius 3 is 2.44 bits per heavy atom. The summed E-state index contributed by atoms with van der Waals surface area (Å²) >= 11 is 1.23. The van der Waals surface area contributed by atoms with E-state index >= 15 is 0 Å². The molecule has 27 heavy (non-hydrogen) atoms. The van der Waals surface area contributed by atoms with Gasteiger partial charge < -0.3 is 21.6 Å². The average Bonchev–Trinajstić information content (AvgIpc) is 3.03. The van der Waals surface area contributed by atoms with E-state index in [9.17, 15) is 9.59 Å². The van der Waals surface area contributed by atoms with Gasteiger partial charge in [0.15, 0.2) is 0 Å². The van der Waals surface area contributed by atoms with Gasteiger partial charge in [-0.25, -0.2) is 4.79 Å². The molecule has 0 aliphatic carbocycles. The number of primary amides is 2. The second-order valence-electron chi connectivity index (χ2n) is 6.17. The second kappa shape index (κ2) is 9.29. The predicted octanol–water partition coefficient (Wildman–Crippen LogP) is 3.24. The van der Waals surface area contributed by atoms with Crippen LogP contribution in [0.5, 0.6) is 0 Å². The summed E-state index contributed by atoms with van der Waals surface area (Å²) in [6.45, 7) is 2.60. The van der Waals surface area contributed by atoms with Crippen molar-refractivity contribution in [2.24, 2.45) is 17.4 Å². The standard InChI is InChI=1S/C19H24N4O3S/c1-3-12(10-26-2)15(20)8-11-4-6-13(7-5-11)16-9-14(17(21)24)18(27-16)23-19(22)25/h4-7,9,12,20H,3,8,10H2,1-2H3,(H2,21,24)(H3,22,23,25). The monoisotopic (exact) mass is 388 g/mol. The third-order valence-electron chi connectivity index (χ3n) is 4.22. The maximum atomic E-state index is 11.6. The predicted molar refractivity (Wildman–Crippen MR) is 109 cm³/mol. The number of benzene rings is 1. The quantitative estimate of drug-likeness (QED) is 0.492. The molecule has 1 unspecified atom stereocenters. The van der Waals surface area contributed by atoms with E-state index in [4.69, 9.17) is 21.6 Å². The van der Waals surface area contributed by atoms with Crippen molar-refractivity contribution in [2.75, 3.05) is 19.0 Å². The number of urea groups is 1. The minimum absolute atomic E-state index is 0.118. The molecule has 6 N–H and O–H groups in total. The Balaban J connectivity index is 2.18. The summed E-state index contributed by atoms with van der Waals surface area (Å²) in [5, 5.41) is 11.0. The van der Waals surface area contributed by atoms with Gasteiger partial charge in [0, 0.05) is 30.0 Å². The maximum absolute atomic E-state index is 11.6. The van der Waals surface area contributed by atoms with Gasteiger partial charge >= 0.3 is 6.03 Å². The molecule has 0 fully saturated rings. The molecule has 0 saturated carbocycles. The fourth-order valence-electron chi connectivity index (χ4n) is 2.74. The van der Waals surface area contributed by atoms with Crippen LogP contribution in [0, 0.1) is 11.3 Å². The molecule has 144 valence electrons. The molecule has 1 atom stereocenters. The van der Waals surface area contributed by atoms with Crippen molar-refractivity contribution in [1.29, 1.82) is 5.41 Å². The van der Waals surface area contributed by atoms with Crippen molar-refractivity contribution >= 4 is 34.0 Å². The summed E-state index contributed by atoms with van der Waals surface area (Å²) in [5.41, 5.74) is 13.3. The number of carbonyl (C=O) groups excluding carboxylic acids is 2. The van der Waals surface area contributed by atoms with Crippen LogP contribution in [0.2, 0.25) is 0 Å². The minimum atomic E-state index is -0.749. The first-order chi connectivity index (χ1) is 12.8. The molecule has 0 radical (unpaired) electrons. The number of rotatable bonds is 9. The van der Waals surface area contributed by atoms with Crippen LogP contribution >= 0.6 is 11.3 Å². The van der Waals surface area contributed by atoms with Gasteiger partial charge in [0.05, 0.1) is 12.2 Å². The highest BCUT2D eigenvalue weighted by Crippen LogP contribution is 2.35. The Hall–Kier alpha value is -2.71. The Bertz CT molecular complexity index is 830. The maximum Gasteiger partial charge on any atom is 0.317 e. The number of anilines is 1. The summed E-state index contributed by atoms with van der Waals surface area (Å²) < 4.78 is 5.17. The molecule has 0 aliphatic rings. The zero-order valence-electron chi connectivity index (χ0n) is 15.4. The fourth-order valence-corrected chi connectivity index (χ4v) is 3.81. The Morgan fingerprint density at radius 1 is 1.26 bits per heavy atom. The van der Waals surface area contributed by atoms with Crippen molar-refractivity contribution in [3.8, 4) is 10.4 Å². The van der Waals surface area contributed by atoms with Crippen LogP contribution in [-0.4, -0.2) is 31.4 Å². The van der Waals surface area contributed by atoms with Gasteiger partial charge in [-0.05, 0) is 23.6 Å². The number of ether oxygens (including phenoxy) is 1. The molecule has 1 aromatic heterocycles. The van der Waals surface area contributed by atoms with Gasteiger partial charge in [-0.2, -0.15) is 0 Å². The van der Waals surface area contributed by atoms with E-state index in [-0.39, 0.29) is 11.5 Å².